The Morgan fingerprint density at radius 2 is 1.83 bits per heavy atom. The Morgan fingerprint density at radius 3 is 2.54 bits per heavy atom. The number of likely N-dealkylation sites (N-methyl/N-ethyl adjacent to an activating group) is 1. The van der Waals surface area contributed by atoms with Crippen molar-refractivity contribution in [1.29, 1.82) is 0 Å². The number of halogens is 1. The van der Waals surface area contributed by atoms with E-state index in [1.807, 2.05) is 24.3 Å². The molecule has 0 unspecified atom stereocenters. The fourth-order valence-corrected chi connectivity index (χ4v) is 2.77. The Balaban J connectivity index is 1.82. The number of aryl methyl sites for hydroxylation is 1. The molecule has 0 aliphatic carbocycles. The van der Waals surface area contributed by atoms with E-state index in [-0.39, 0.29) is 30.5 Å². The van der Waals surface area contributed by atoms with Crippen LogP contribution in [0.3, 0.4) is 0 Å². The molecule has 0 saturated carbocycles. The maximum atomic E-state index is 13.2. The van der Waals surface area contributed by atoms with Gasteiger partial charge in [-0.05, 0) is 29.8 Å². The van der Waals surface area contributed by atoms with Crippen LogP contribution in [0.5, 0.6) is 0 Å². The first-order chi connectivity index (χ1) is 11.5. The van der Waals surface area contributed by atoms with Gasteiger partial charge in [0.2, 0.25) is 5.91 Å². The monoisotopic (exact) mass is 327 g/mol. The molecule has 0 N–H and O–H groups in total. The third-order valence-corrected chi connectivity index (χ3v) is 4.08. The SMILES string of the molecule is CN(Cc1cccc(F)c1)C(=O)Cn1c(=O)n(C)c2ccccc21. The predicted octanol–water partition coefficient (Wildman–Crippen LogP) is 2.14. The summed E-state index contributed by atoms with van der Waals surface area (Å²) in [6, 6.07) is 13.5. The number of carbonyl (C=O) groups excluding carboxylic acids is 1. The second kappa shape index (κ2) is 6.31. The number of fused-ring (bicyclic) bond motifs is 1. The molecule has 6 heteroatoms. The molecule has 5 nitrogen and oxygen atoms in total. The number of hydrogen-bond acceptors (Lipinski definition) is 2. The van der Waals surface area contributed by atoms with Gasteiger partial charge in [-0.3, -0.25) is 13.9 Å². The average molecular weight is 327 g/mol. The van der Waals surface area contributed by atoms with Gasteiger partial charge in [0.15, 0.2) is 0 Å². The third kappa shape index (κ3) is 2.95. The molecule has 124 valence electrons. The molecule has 1 amide bonds. The molecular formula is C18H18FN3O2. The van der Waals surface area contributed by atoms with Crippen molar-refractivity contribution in [2.75, 3.05) is 7.05 Å². The highest BCUT2D eigenvalue weighted by molar-refractivity contribution is 5.80. The van der Waals surface area contributed by atoms with E-state index in [0.717, 1.165) is 11.0 Å². The van der Waals surface area contributed by atoms with Crippen molar-refractivity contribution >= 4 is 16.9 Å². The Bertz CT molecular complexity index is 958. The van der Waals surface area contributed by atoms with Crippen molar-refractivity contribution in [2.45, 2.75) is 13.1 Å². The molecule has 0 bridgehead atoms. The van der Waals surface area contributed by atoms with Crippen LogP contribution in [0.25, 0.3) is 11.0 Å². The molecule has 0 aliphatic heterocycles. The fourth-order valence-electron chi connectivity index (χ4n) is 2.77. The van der Waals surface area contributed by atoms with E-state index in [1.54, 1.807) is 26.2 Å². The standard InChI is InChI=1S/C18H18FN3O2/c1-20(11-13-6-5-7-14(19)10-13)17(23)12-22-16-9-4-3-8-15(16)21(2)18(22)24/h3-10H,11-12H2,1-2H3. The van der Waals surface area contributed by atoms with Gasteiger partial charge in [-0.2, -0.15) is 0 Å². The van der Waals surface area contributed by atoms with Gasteiger partial charge in [-0.25, -0.2) is 9.18 Å². The van der Waals surface area contributed by atoms with Crippen molar-refractivity contribution in [3.63, 3.8) is 0 Å². The first-order valence-corrected chi connectivity index (χ1v) is 7.60. The number of benzene rings is 2. The van der Waals surface area contributed by atoms with Crippen LogP contribution >= 0.6 is 0 Å². The average Bonchev–Trinajstić information content (AvgIpc) is 2.80. The number of carbonyl (C=O) groups is 1. The van der Waals surface area contributed by atoms with Gasteiger partial charge >= 0.3 is 5.69 Å². The highest BCUT2D eigenvalue weighted by Gasteiger charge is 2.16. The van der Waals surface area contributed by atoms with Crippen LogP contribution in [0.4, 0.5) is 4.39 Å². The summed E-state index contributed by atoms with van der Waals surface area (Å²) < 4.78 is 16.2. The minimum Gasteiger partial charge on any atom is -0.340 e. The molecule has 24 heavy (non-hydrogen) atoms. The van der Waals surface area contributed by atoms with Crippen LogP contribution in [0.2, 0.25) is 0 Å². The van der Waals surface area contributed by atoms with Gasteiger partial charge < -0.3 is 4.90 Å². The smallest absolute Gasteiger partial charge is 0.329 e. The van der Waals surface area contributed by atoms with Crippen LogP contribution in [0.15, 0.2) is 53.3 Å². The van der Waals surface area contributed by atoms with E-state index in [0.29, 0.717) is 5.56 Å². The molecule has 0 radical (unpaired) electrons. The van der Waals surface area contributed by atoms with Crippen molar-refractivity contribution in [1.82, 2.24) is 14.0 Å². The second-order valence-corrected chi connectivity index (χ2v) is 5.80. The molecule has 0 fully saturated rings. The molecule has 3 aromatic rings. The van der Waals surface area contributed by atoms with E-state index < -0.39 is 0 Å². The van der Waals surface area contributed by atoms with E-state index in [2.05, 4.69) is 0 Å². The molecule has 1 aromatic heterocycles. The number of nitrogens with zero attached hydrogens (tertiary/aromatic N) is 3. The topological polar surface area (TPSA) is 47.2 Å². The number of rotatable bonds is 4. The Labute approximate surface area is 138 Å². The van der Waals surface area contributed by atoms with Crippen LogP contribution in [-0.4, -0.2) is 27.0 Å². The van der Waals surface area contributed by atoms with Crippen LogP contribution in [0.1, 0.15) is 5.56 Å². The van der Waals surface area contributed by atoms with Crippen LogP contribution < -0.4 is 5.69 Å². The molecule has 0 atom stereocenters. The minimum atomic E-state index is -0.335. The molecular weight excluding hydrogens is 309 g/mol. The summed E-state index contributed by atoms with van der Waals surface area (Å²) in [6.07, 6.45) is 0. The predicted molar refractivity (Wildman–Crippen MR) is 90.1 cm³/mol. The lowest BCUT2D eigenvalue weighted by atomic mass is 10.2. The maximum absolute atomic E-state index is 13.2. The summed E-state index contributed by atoms with van der Waals surface area (Å²) in [5.74, 6) is -0.545. The summed E-state index contributed by atoms with van der Waals surface area (Å²) in [6.45, 7) is 0.238. The lowest BCUT2D eigenvalue weighted by Crippen LogP contribution is -2.33. The number of imidazole rings is 1. The first-order valence-electron chi connectivity index (χ1n) is 7.60. The largest absolute Gasteiger partial charge is 0.340 e. The second-order valence-electron chi connectivity index (χ2n) is 5.80. The molecule has 2 aromatic carbocycles. The molecule has 0 aliphatic rings. The molecule has 3 rings (SSSR count). The summed E-state index contributed by atoms with van der Waals surface area (Å²) in [4.78, 5) is 26.3. The zero-order valence-electron chi connectivity index (χ0n) is 13.6. The zero-order chi connectivity index (χ0) is 17.3. The van der Waals surface area contributed by atoms with Crippen molar-refractivity contribution in [3.8, 4) is 0 Å². The van der Waals surface area contributed by atoms with Gasteiger partial charge in [0.1, 0.15) is 12.4 Å². The summed E-state index contributed by atoms with van der Waals surface area (Å²) >= 11 is 0. The zero-order valence-corrected chi connectivity index (χ0v) is 13.6. The quantitative estimate of drug-likeness (QED) is 0.737. The van der Waals surface area contributed by atoms with Gasteiger partial charge in [0, 0.05) is 20.6 Å². The number of aromatic nitrogens is 2. The summed E-state index contributed by atoms with van der Waals surface area (Å²) in [7, 11) is 3.32. The van der Waals surface area contributed by atoms with Gasteiger partial charge in [-0.1, -0.05) is 24.3 Å². The summed E-state index contributed by atoms with van der Waals surface area (Å²) in [5.41, 5.74) is 1.97. The lowest BCUT2D eigenvalue weighted by Gasteiger charge is -2.17. The van der Waals surface area contributed by atoms with Crippen LogP contribution in [0, 0.1) is 5.82 Å². The van der Waals surface area contributed by atoms with E-state index in [1.165, 1.54) is 26.2 Å². The van der Waals surface area contributed by atoms with Gasteiger partial charge in [0.25, 0.3) is 0 Å². The van der Waals surface area contributed by atoms with Crippen LogP contribution in [-0.2, 0) is 24.9 Å². The van der Waals surface area contributed by atoms with E-state index >= 15 is 0 Å². The fraction of sp³-hybridized carbons (Fsp3) is 0.222. The third-order valence-electron chi connectivity index (χ3n) is 4.08. The first kappa shape index (κ1) is 16.0. The van der Waals surface area contributed by atoms with Crippen molar-refractivity contribution in [3.05, 3.63) is 70.4 Å². The minimum absolute atomic E-state index is 0.0496. The summed E-state index contributed by atoms with van der Waals surface area (Å²) in [5, 5.41) is 0. The Hall–Kier alpha value is -2.89. The normalized spacial score (nSPS) is 11.0. The van der Waals surface area contributed by atoms with Gasteiger partial charge in [0.05, 0.1) is 11.0 Å². The molecule has 1 heterocycles. The number of para-hydroxylation sites is 2. The lowest BCUT2D eigenvalue weighted by molar-refractivity contribution is -0.131. The number of hydrogen-bond donors (Lipinski definition) is 0. The number of amides is 1. The van der Waals surface area contributed by atoms with Gasteiger partial charge in [-0.15, -0.1) is 0 Å². The Kier molecular flexibility index (Phi) is 4.20. The van der Waals surface area contributed by atoms with E-state index in [9.17, 15) is 14.0 Å². The van der Waals surface area contributed by atoms with Crippen molar-refractivity contribution in [2.24, 2.45) is 7.05 Å². The molecule has 0 spiro atoms. The molecule has 0 saturated heterocycles. The maximum Gasteiger partial charge on any atom is 0.329 e. The highest BCUT2D eigenvalue weighted by Crippen LogP contribution is 2.12. The highest BCUT2D eigenvalue weighted by atomic mass is 19.1. The van der Waals surface area contributed by atoms with Crippen molar-refractivity contribution < 1.29 is 9.18 Å². The Morgan fingerprint density at radius 1 is 1.12 bits per heavy atom. The van der Waals surface area contributed by atoms with E-state index in [4.69, 9.17) is 0 Å².